The molecule has 1 atom stereocenters. The molecule has 3 rings (SSSR count). The molecule has 1 saturated carbocycles. The lowest BCUT2D eigenvalue weighted by atomic mass is 9.91. The van der Waals surface area contributed by atoms with Gasteiger partial charge in [-0.15, -0.1) is 0 Å². The summed E-state index contributed by atoms with van der Waals surface area (Å²) >= 11 is 0. The predicted molar refractivity (Wildman–Crippen MR) is 83.6 cm³/mol. The number of methoxy groups -OCH3 is 1. The molecule has 0 amide bonds. The van der Waals surface area contributed by atoms with E-state index in [0.29, 0.717) is 11.8 Å². The van der Waals surface area contributed by atoms with Gasteiger partial charge in [0.05, 0.1) is 7.11 Å². The average molecular weight is 292 g/mol. The number of halogens is 1. The van der Waals surface area contributed by atoms with Crippen molar-refractivity contribution >= 4 is 5.69 Å². The highest BCUT2D eigenvalue weighted by Gasteiger charge is 2.40. The number of ether oxygens (including phenoxy) is 1. The van der Waals surface area contributed by atoms with E-state index < -0.39 is 0 Å². The van der Waals surface area contributed by atoms with E-state index >= 15 is 0 Å². The summed E-state index contributed by atoms with van der Waals surface area (Å²) in [5.74, 6) is 0.0429. The smallest absolute Gasteiger partial charge is 0.167 e. The first kappa shape index (κ1) is 14.6. The van der Waals surface area contributed by atoms with Crippen molar-refractivity contribution in [2.75, 3.05) is 25.1 Å². The van der Waals surface area contributed by atoms with Gasteiger partial charge in [-0.2, -0.15) is 0 Å². The molecular weight excluding hydrogens is 267 g/mol. The summed E-state index contributed by atoms with van der Waals surface area (Å²) in [6.07, 6.45) is 6.14. The maximum atomic E-state index is 14.0. The molecule has 1 aliphatic carbocycles. The highest BCUT2D eigenvalue weighted by Crippen LogP contribution is 2.36. The third-order valence-electron chi connectivity index (χ3n) is 5.13. The minimum Gasteiger partial charge on any atom is -0.494 e. The molecule has 1 aromatic carbocycles. The summed E-state index contributed by atoms with van der Waals surface area (Å²) in [5, 5.41) is 3.77. The molecule has 1 heterocycles. The van der Waals surface area contributed by atoms with Gasteiger partial charge in [-0.25, -0.2) is 4.39 Å². The zero-order valence-electron chi connectivity index (χ0n) is 13.0. The molecule has 116 valence electrons. The van der Waals surface area contributed by atoms with Crippen LogP contribution >= 0.6 is 0 Å². The lowest BCUT2D eigenvalue weighted by Crippen LogP contribution is -2.63. The number of hydrogen-bond acceptors (Lipinski definition) is 3. The standard InChI is InChI=1S/C17H25FN2O/c1-3-13-11-19-17(8-4-5-9-17)12-20(13)14-6-7-16(21-2)15(18)10-14/h6-7,10,13,19H,3-5,8-9,11-12H2,1-2H3. The van der Waals surface area contributed by atoms with Crippen LogP contribution in [0.1, 0.15) is 39.0 Å². The van der Waals surface area contributed by atoms with Crippen LogP contribution in [0.2, 0.25) is 0 Å². The normalized spacial score (nSPS) is 24.5. The minimum absolute atomic E-state index is 0.238. The fraction of sp³-hybridized carbons (Fsp3) is 0.647. The number of nitrogens with zero attached hydrogens (tertiary/aromatic N) is 1. The Morgan fingerprint density at radius 1 is 1.38 bits per heavy atom. The van der Waals surface area contributed by atoms with Gasteiger partial charge in [0.1, 0.15) is 0 Å². The molecule has 21 heavy (non-hydrogen) atoms. The molecule has 1 aliphatic heterocycles. The Bertz CT molecular complexity index is 500. The van der Waals surface area contributed by atoms with Crippen molar-refractivity contribution in [1.29, 1.82) is 0 Å². The van der Waals surface area contributed by atoms with Crippen molar-refractivity contribution in [2.24, 2.45) is 0 Å². The minimum atomic E-state index is -0.274. The molecule has 3 nitrogen and oxygen atoms in total. The summed E-state index contributed by atoms with van der Waals surface area (Å²) in [4.78, 5) is 2.39. The highest BCUT2D eigenvalue weighted by molar-refractivity contribution is 5.52. The highest BCUT2D eigenvalue weighted by atomic mass is 19.1. The topological polar surface area (TPSA) is 24.5 Å². The molecule has 0 bridgehead atoms. The van der Waals surface area contributed by atoms with Crippen LogP contribution in [0.4, 0.5) is 10.1 Å². The lowest BCUT2D eigenvalue weighted by molar-refractivity contribution is 0.267. The summed E-state index contributed by atoms with van der Waals surface area (Å²) < 4.78 is 19.1. The van der Waals surface area contributed by atoms with E-state index in [1.54, 1.807) is 12.1 Å². The van der Waals surface area contributed by atoms with Crippen LogP contribution in [-0.4, -0.2) is 31.8 Å². The third kappa shape index (κ3) is 2.73. The second-order valence-electron chi connectivity index (χ2n) is 6.38. The molecule has 4 heteroatoms. The lowest BCUT2D eigenvalue weighted by Gasteiger charge is -2.47. The van der Waals surface area contributed by atoms with E-state index in [1.165, 1.54) is 32.8 Å². The number of hydrogen-bond donors (Lipinski definition) is 1. The van der Waals surface area contributed by atoms with Crippen molar-refractivity contribution in [3.8, 4) is 5.75 Å². The molecule has 1 spiro atoms. The van der Waals surface area contributed by atoms with Gasteiger partial charge in [0.2, 0.25) is 0 Å². The van der Waals surface area contributed by atoms with Crippen LogP contribution in [0.15, 0.2) is 18.2 Å². The summed E-state index contributed by atoms with van der Waals surface area (Å²) in [6.45, 7) is 4.17. The van der Waals surface area contributed by atoms with E-state index in [-0.39, 0.29) is 11.4 Å². The van der Waals surface area contributed by atoms with E-state index in [1.807, 2.05) is 6.07 Å². The maximum absolute atomic E-state index is 14.0. The number of anilines is 1. The average Bonchev–Trinajstić information content (AvgIpc) is 2.95. The van der Waals surface area contributed by atoms with Crippen LogP contribution in [0.5, 0.6) is 5.75 Å². The predicted octanol–water partition coefficient (Wildman–Crippen LogP) is 3.34. The van der Waals surface area contributed by atoms with Gasteiger partial charge in [-0.1, -0.05) is 19.8 Å². The Kier molecular flexibility index (Phi) is 4.07. The van der Waals surface area contributed by atoms with Crippen LogP contribution in [0.25, 0.3) is 0 Å². The molecule has 1 unspecified atom stereocenters. The number of benzene rings is 1. The zero-order chi connectivity index (χ0) is 14.9. The molecule has 1 saturated heterocycles. The Hall–Kier alpha value is -1.29. The van der Waals surface area contributed by atoms with Crippen molar-refractivity contribution in [3.63, 3.8) is 0 Å². The van der Waals surface area contributed by atoms with Crippen molar-refractivity contribution in [3.05, 3.63) is 24.0 Å². The fourth-order valence-corrected chi connectivity index (χ4v) is 3.84. The maximum Gasteiger partial charge on any atom is 0.167 e. The van der Waals surface area contributed by atoms with Crippen LogP contribution in [0.3, 0.4) is 0 Å². The monoisotopic (exact) mass is 292 g/mol. The quantitative estimate of drug-likeness (QED) is 0.925. The first-order valence-corrected chi connectivity index (χ1v) is 8.03. The molecular formula is C17H25FN2O. The molecule has 2 aliphatic rings. The SMILES string of the molecule is CCC1CNC2(CCCC2)CN1c1ccc(OC)c(F)c1. The first-order chi connectivity index (χ1) is 10.2. The van der Waals surface area contributed by atoms with E-state index in [4.69, 9.17) is 4.74 Å². The Balaban J connectivity index is 1.87. The van der Waals surface area contributed by atoms with E-state index in [0.717, 1.165) is 25.2 Å². The zero-order valence-corrected chi connectivity index (χ0v) is 13.0. The summed E-state index contributed by atoms with van der Waals surface area (Å²) in [7, 11) is 1.51. The Morgan fingerprint density at radius 2 is 2.14 bits per heavy atom. The summed E-state index contributed by atoms with van der Waals surface area (Å²) in [6, 6.07) is 5.78. The van der Waals surface area contributed by atoms with Crippen LogP contribution < -0.4 is 15.0 Å². The van der Waals surface area contributed by atoms with E-state index in [9.17, 15) is 4.39 Å². The van der Waals surface area contributed by atoms with Gasteiger partial charge in [-0.05, 0) is 31.4 Å². The van der Waals surface area contributed by atoms with Gasteiger partial charge < -0.3 is 15.0 Å². The van der Waals surface area contributed by atoms with Crippen molar-refractivity contribution in [2.45, 2.75) is 50.6 Å². The molecule has 0 radical (unpaired) electrons. The van der Waals surface area contributed by atoms with Gasteiger partial charge in [-0.3, -0.25) is 0 Å². The third-order valence-corrected chi connectivity index (χ3v) is 5.13. The summed E-state index contributed by atoms with van der Waals surface area (Å²) in [5.41, 5.74) is 1.22. The Labute approximate surface area is 126 Å². The second-order valence-corrected chi connectivity index (χ2v) is 6.38. The number of rotatable bonds is 3. The van der Waals surface area contributed by atoms with E-state index in [2.05, 4.69) is 17.1 Å². The molecule has 1 aromatic rings. The number of nitrogens with one attached hydrogen (secondary N) is 1. The van der Waals surface area contributed by atoms with Gasteiger partial charge >= 0.3 is 0 Å². The van der Waals surface area contributed by atoms with Crippen molar-refractivity contribution in [1.82, 2.24) is 5.32 Å². The van der Waals surface area contributed by atoms with Crippen molar-refractivity contribution < 1.29 is 9.13 Å². The molecule has 0 aromatic heterocycles. The van der Waals surface area contributed by atoms with Crippen LogP contribution in [-0.2, 0) is 0 Å². The second kappa shape index (κ2) is 5.84. The van der Waals surface area contributed by atoms with Gasteiger partial charge in [0.15, 0.2) is 11.6 Å². The van der Waals surface area contributed by atoms with Gasteiger partial charge in [0.25, 0.3) is 0 Å². The Morgan fingerprint density at radius 3 is 2.76 bits per heavy atom. The van der Waals surface area contributed by atoms with Crippen LogP contribution in [0, 0.1) is 5.82 Å². The fourth-order valence-electron chi connectivity index (χ4n) is 3.84. The molecule has 1 N–H and O–H groups in total. The first-order valence-electron chi connectivity index (χ1n) is 8.03. The largest absolute Gasteiger partial charge is 0.494 e. The van der Waals surface area contributed by atoms with Gasteiger partial charge in [0, 0.05) is 36.4 Å². The molecule has 2 fully saturated rings. The number of piperazine rings is 1.